The second-order valence-corrected chi connectivity index (χ2v) is 9.14. The number of benzene rings is 1. The number of halogens is 1. The molecular formula is C22H19FN6O4S. The van der Waals surface area contributed by atoms with Gasteiger partial charge in [0.05, 0.1) is 5.69 Å². The Morgan fingerprint density at radius 2 is 2.03 bits per heavy atom. The molecule has 174 valence electrons. The van der Waals surface area contributed by atoms with E-state index < -0.39 is 17.5 Å². The summed E-state index contributed by atoms with van der Waals surface area (Å²) in [6.07, 6.45) is 1.54. The fourth-order valence-electron chi connectivity index (χ4n) is 3.90. The van der Waals surface area contributed by atoms with Crippen molar-refractivity contribution in [2.45, 2.75) is 38.4 Å². The Morgan fingerprint density at radius 1 is 1.24 bits per heavy atom. The minimum Gasteiger partial charge on any atom is -0.477 e. The second kappa shape index (κ2) is 8.13. The summed E-state index contributed by atoms with van der Waals surface area (Å²) in [5.74, 6) is -0.497. The van der Waals surface area contributed by atoms with E-state index in [1.807, 2.05) is 24.3 Å². The minimum atomic E-state index is -2.08. The average molecular weight is 482 g/mol. The van der Waals surface area contributed by atoms with Crippen LogP contribution in [0.5, 0.6) is 0 Å². The van der Waals surface area contributed by atoms with Crippen LogP contribution in [0.3, 0.4) is 0 Å². The number of thiazole rings is 1. The fourth-order valence-corrected chi connectivity index (χ4v) is 4.70. The van der Waals surface area contributed by atoms with E-state index in [1.165, 1.54) is 6.92 Å². The van der Waals surface area contributed by atoms with E-state index in [2.05, 4.69) is 30.7 Å². The van der Waals surface area contributed by atoms with Crippen LogP contribution in [-0.4, -0.2) is 48.8 Å². The van der Waals surface area contributed by atoms with Crippen LogP contribution in [0.4, 0.5) is 15.3 Å². The second-order valence-electron chi connectivity index (χ2n) is 8.14. The first kappa shape index (κ1) is 21.9. The third kappa shape index (κ3) is 3.96. The van der Waals surface area contributed by atoms with Gasteiger partial charge in [0, 0.05) is 43.0 Å². The number of carboxylic acid groups (broad SMARTS) is 1. The number of hydrogen-bond acceptors (Lipinski definition) is 9. The molecule has 34 heavy (non-hydrogen) atoms. The molecule has 0 saturated heterocycles. The quantitative estimate of drug-likeness (QED) is 0.372. The Morgan fingerprint density at radius 3 is 2.71 bits per heavy atom. The smallest absolute Gasteiger partial charge is 0.347 e. The molecule has 3 aromatic heterocycles. The molecule has 1 saturated carbocycles. The number of anilines is 2. The van der Waals surface area contributed by atoms with Crippen LogP contribution in [0.1, 0.15) is 34.1 Å². The maximum absolute atomic E-state index is 15.2. The molecule has 1 amide bonds. The van der Waals surface area contributed by atoms with Crippen LogP contribution in [0.25, 0.3) is 22.2 Å². The number of hydrogen-bond donors (Lipinski definition) is 3. The molecule has 3 heterocycles. The largest absolute Gasteiger partial charge is 0.477 e. The van der Waals surface area contributed by atoms with Crippen molar-refractivity contribution in [1.82, 2.24) is 20.1 Å². The van der Waals surface area contributed by atoms with Gasteiger partial charge in [-0.05, 0) is 24.4 Å². The number of fused-ring (bicyclic) bond motifs is 1. The topological polar surface area (TPSA) is 143 Å². The molecule has 12 heteroatoms. The number of pyridine rings is 1. The lowest BCUT2D eigenvalue weighted by Crippen LogP contribution is -2.54. The molecule has 3 N–H and O–H groups in total. The van der Waals surface area contributed by atoms with Gasteiger partial charge in [-0.25, -0.2) is 19.2 Å². The molecule has 10 nitrogen and oxygen atoms in total. The van der Waals surface area contributed by atoms with Crippen LogP contribution >= 0.6 is 11.3 Å². The summed E-state index contributed by atoms with van der Waals surface area (Å²) >= 11 is 0.801. The minimum absolute atomic E-state index is 0.00809. The fraction of sp³-hybridized carbons (Fsp3) is 0.273. The number of aryl methyl sites for hydroxylation is 2. The molecule has 0 unspecified atom stereocenters. The molecule has 4 aromatic rings. The number of aromatic carboxylic acids is 1. The van der Waals surface area contributed by atoms with Crippen molar-refractivity contribution in [3.05, 3.63) is 46.9 Å². The number of nitrogens with zero attached hydrogens (tertiary/aromatic N) is 4. The van der Waals surface area contributed by atoms with E-state index in [1.54, 1.807) is 13.1 Å². The molecule has 0 aliphatic heterocycles. The van der Waals surface area contributed by atoms with Gasteiger partial charge >= 0.3 is 5.97 Å². The van der Waals surface area contributed by atoms with Crippen LogP contribution in [0, 0.1) is 13.8 Å². The van der Waals surface area contributed by atoms with Gasteiger partial charge in [0.2, 0.25) is 11.7 Å². The molecule has 0 atom stereocenters. The van der Waals surface area contributed by atoms with E-state index >= 15 is 4.39 Å². The summed E-state index contributed by atoms with van der Waals surface area (Å²) in [7, 11) is 0. The van der Waals surface area contributed by atoms with Crippen LogP contribution in [0.2, 0.25) is 0 Å². The van der Waals surface area contributed by atoms with Gasteiger partial charge in [0.1, 0.15) is 10.7 Å². The number of carbonyl (C=O) groups is 2. The van der Waals surface area contributed by atoms with Crippen LogP contribution in [0.15, 0.2) is 35.0 Å². The number of amides is 1. The van der Waals surface area contributed by atoms with Gasteiger partial charge in [0.25, 0.3) is 5.91 Å². The summed E-state index contributed by atoms with van der Waals surface area (Å²) in [5, 5.41) is 20.5. The average Bonchev–Trinajstić information content (AvgIpc) is 3.37. The molecule has 0 bridgehead atoms. The summed E-state index contributed by atoms with van der Waals surface area (Å²) in [6, 6.07) is 7.23. The summed E-state index contributed by atoms with van der Waals surface area (Å²) in [6.45, 7) is 3.23. The van der Waals surface area contributed by atoms with Crippen molar-refractivity contribution < 1.29 is 23.6 Å². The lowest BCUT2D eigenvalue weighted by molar-refractivity contribution is -0.133. The standard InChI is InChI=1S/C22H19FN6O4S/c1-10-16(19(30)31)34-21(25-10)28-20(32)22(23)8-14(9-22)27-18-15-7-13(17-26-11(2)33-29-17)4-3-12(15)5-6-24-18/h3-7,14H,8-9H2,1-2H3,(H,24,27)(H,30,31)(H,25,28,32). The first-order chi connectivity index (χ1) is 16.2. The maximum atomic E-state index is 15.2. The third-order valence-electron chi connectivity index (χ3n) is 5.65. The van der Waals surface area contributed by atoms with Crippen molar-refractivity contribution >= 4 is 44.9 Å². The first-order valence-electron chi connectivity index (χ1n) is 10.4. The SMILES string of the molecule is Cc1nc(-c2ccc3ccnc(NC4CC(F)(C(=O)Nc5nc(C)c(C(=O)O)s5)C4)c3c2)no1. The molecule has 0 radical (unpaired) electrons. The Labute approximate surface area is 196 Å². The summed E-state index contributed by atoms with van der Waals surface area (Å²) in [5.41, 5.74) is -1.06. The summed E-state index contributed by atoms with van der Waals surface area (Å²) < 4.78 is 20.2. The monoisotopic (exact) mass is 482 g/mol. The molecular weight excluding hydrogens is 463 g/mol. The van der Waals surface area contributed by atoms with E-state index in [9.17, 15) is 9.59 Å². The number of carbonyl (C=O) groups excluding carboxylic acids is 1. The third-order valence-corrected chi connectivity index (χ3v) is 6.71. The molecule has 1 aromatic carbocycles. The number of aromatic nitrogens is 4. The van der Waals surface area contributed by atoms with Crippen LogP contribution < -0.4 is 10.6 Å². The predicted octanol–water partition coefficient (Wildman–Crippen LogP) is 3.98. The van der Waals surface area contributed by atoms with Gasteiger partial charge in [-0.15, -0.1) is 0 Å². The molecule has 5 rings (SSSR count). The van der Waals surface area contributed by atoms with Crippen molar-refractivity contribution in [3.8, 4) is 11.4 Å². The number of carboxylic acids is 1. The predicted molar refractivity (Wildman–Crippen MR) is 123 cm³/mol. The van der Waals surface area contributed by atoms with Crippen molar-refractivity contribution in [2.24, 2.45) is 0 Å². The lowest BCUT2D eigenvalue weighted by atomic mass is 9.76. The first-order valence-corrected chi connectivity index (χ1v) is 11.2. The number of rotatable bonds is 6. The van der Waals surface area contributed by atoms with E-state index in [4.69, 9.17) is 9.63 Å². The van der Waals surface area contributed by atoms with Gasteiger partial charge in [-0.2, -0.15) is 4.98 Å². The maximum Gasteiger partial charge on any atom is 0.347 e. The van der Waals surface area contributed by atoms with Crippen molar-refractivity contribution in [2.75, 3.05) is 10.6 Å². The van der Waals surface area contributed by atoms with E-state index in [0.29, 0.717) is 17.5 Å². The zero-order chi connectivity index (χ0) is 24.0. The number of nitrogens with one attached hydrogen (secondary N) is 2. The molecule has 0 spiro atoms. The van der Waals surface area contributed by atoms with Gasteiger partial charge in [0.15, 0.2) is 10.8 Å². The molecule has 1 aliphatic rings. The highest BCUT2D eigenvalue weighted by molar-refractivity contribution is 7.17. The molecule has 1 aliphatic carbocycles. The highest BCUT2D eigenvalue weighted by atomic mass is 32.1. The van der Waals surface area contributed by atoms with Crippen LogP contribution in [-0.2, 0) is 4.79 Å². The zero-order valence-electron chi connectivity index (χ0n) is 18.1. The zero-order valence-corrected chi connectivity index (χ0v) is 18.9. The Bertz CT molecular complexity index is 1430. The normalized spacial score (nSPS) is 19.6. The summed E-state index contributed by atoms with van der Waals surface area (Å²) in [4.78, 5) is 36.3. The van der Waals surface area contributed by atoms with Gasteiger partial charge in [-0.1, -0.05) is 28.6 Å². The van der Waals surface area contributed by atoms with Crippen molar-refractivity contribution in [1.29, 1.82) is 0 Å². The molecule has 1 fully saturated rings. The van der Waals surface area contributed by atoms with E-state index in [-0.39, 0.29) is 34.6 Å². The number of alkyl halides is 1. The highest BCUT2D eigenvalue weighted by Crippen LogP contribution is 2.40. The highest BCUT2D eigenvalue weighted by Gasteiger charge is 2.51. The Balaban J connectivity index is 1.29. The van der Waals surface area contributed by atoms with E-state index in [0.717, 1.165) is 27.7 Å². The van der Waals surface area contributed by atoms with Crippen molar-refractivity contribution in [3.63, 3.8) is 0 Å². The van der Waals surface area contributed by atoms with Gasteiger partial charge < -0.3 is 14.9 Å². The Hall–Kier alpha value is -3.93. The van der Waals surface area contributed by atoms with Gasteiger partial charge in [-0.3, -0.25) is 10.1 Å². The Kier molecular flexibility index (Phi) is 5.24. The lowest BCUT2D eigenvalue weighted by Gasteiger charge is -2.40.